The fourth-order valence-corrected chi connectivity index (χ4v) is 0.874. The maximum atomic E-state index is 11.1. The van der Waals surface area contributed by atoms with Gasteiger partial charge in [0.25, 0.3) is 0 Å². The van der Waals surface area contributed by atoms with Gasteiger partial charge in [0, 0.05) is 17.9 Å². The van der Waals surface area contributed by atoms with Crippen LogP contribution in [0.4, 0.5) is 0 Å². The molecule has 0 heterocycles. The van der Waals surface area contributed by atoms with E-state index in [1.54, 1.807) is 0 Å². The van der Waals surface area contributed by atoms with E-state index in [2.05, 4.69) is 5.32 Å². The lowest BCUT2D eigenvalue weighted by Crippen LogP contribution is -2.40. The molecular weight excluding hydrogens is 170 g/mol. The Morgan fingerprint density at radius 3 is 2.15 bits per heavy atom. The van der Waals surface area contributed by atoms with Crippen molar-refractivity contribution < 1.29 is 14.7 Å². The van der Waals surface area contributed by atoms with Gasteiger partial charge in [-0.1, -0.05) is 0 Å². The van der Waals surface area contributed by atoms with E-state index in [9.17, 15) is 14.7 Å². The number of carbonyl (C=O) groups excluding carboxylic acids is 2. The zero-order valence-corrected chi connectivity index (χ0v) is 8.35. The highest BCUT2D eigenvalue weighted by Crippen LogP contribution is 2.01. The van der Waals surface area contributed by atoms with Crippen LogP contribution in [-0.4, -0.2) is 17.4 Å². The second-order valence-electron chi connectivity index (χ2n) is 4.02. The highest BCUT2D eigenvalue weighted by Gasteiger charge is 2.12. The van der Waals surface area contributed by atoms with Gasteiger partial charge in [-0.3, -0.25) is 4.79 Å². The Balaban J connectivity index is 3.59. The van der Waals surface area contributed by atoms with E-state index in [-0.39, 0.29) is 24.3 Å². The maximum Gasteiger partial charge on any atom is 0.220 e. The molecule has 1 amide bonds. The third-order valence-corrected chi connectivity index (χ3v) is 1.30. The minimum Gasteiger partial charge on any atom is -0.550 e. The van der Waals surface area contributed by atoms with Gasteiger partial charge in [0.05, 0.1) is 0 Å². The monoisotopic (exact) mass is 186 g/mol. The highest BCUT2D eigenvalue weighted by molar-refractivity contribution is 5.77. The Hall–Kier alpha value is -1.06. The summed E-state index contributed by atoms with van der Waals surface area (Å²) in [6.45, 7) is 5.64. The van der Waals surface area contributed by atoms with Gasteiger partial charge in [-0.25, -0.2) is 0 Å². The lowest BCUT2D eigenvalue weighted by atomic mass is 10.1. The molecule has 0 atom stereocenters. The summed E-state index contributed by atoms with van der Waals surface area (Å²) in [6.07, 6.45) is 0.521. The predicted molar refractivity (Wildman–Crippen MR) is 46.8 cm³/mol. The van der Waals surface area contributed by atoms with Gasteiger partial charge in [-0.05, 0) is 33.6 Å². The molecular formula is C9H16NO3-. The molecule has 0 aromatic carbocycles. The van der Waals surface area contributed by atoms with Crippen LogP contribution in [0.15, 0.2) is 0 Å². The van der Waals surface area contributed by atoms with Crippen LogP contribution in [-0.2, 0) is 9.59 Å². The molecule has 4 nitrogen and oxygen atoms in total. The molecule has 0 rings (SSSR count). The van der Waals surface area contributed by atoms with Gasteiger partial charge in [0.15, 0.2) is 0 Å². The second-order valence-corrected chi connectivity index (χ2v) is 4.02. The van der Waals surface area contributed by atoms with Gasteiger partial charge in [0.2, 0.25) is 5.91 Å². The Morgan fingerprint density at radius 1 is 1.23 bits per heavy atom. The topological polar surface area (TPSA) is 69.2 Å². The zero-order valence-electron chi connectivity index (χ0n) is 8.35. The molecule has 0 aliphatic heterocycles. The lowest BCUT2D eigenvalue weighted by molar-refractivity contribution is -0.305. The Bertz CT molecular complexity index is 194. The standard InChI is InChI=1S/C9H17NO3/c1-9(2,3)10-7(11)5-4-6-8(12)13/h4-6H2,1-3H3,(H,10,11)(H,12,13)/p-1. The van der Waals surface area contributed by atoms with Crippen molar-refractivity contribution in [3.63, 3.8) is 0 Å². The van der Waals surface area contributed by atoms with Crippen LogP contribution in [0.2, 0.25) is 0 Å². The van der Waals surface area contributed by atoms with Crippen LogP contribution in [0.3, 0.4) is 0 Å². The number of nitrogens with one attached hydrogen (secondary N) is 1. The molecule has 0 aliphatic rings. The summed E-state index contributed by atoms with van der Waals surface area (Å²) >= 11 is 0. The van der Waals surface area contributed by atoms with Crippen molar-refractivity contribution >= 4 is 11.9 Å². The number of aliphatic carboxylic acids is 1. The largest absolute Gasteiger partial charge is 0.550 e. The van der Waals surface area contributed by atoms with Gasteiger partial charge in [0.1, 0.15) is 0 Å². The fourth-order valence-electron chi connectivity index (χ4n) is 0.874. The zero-order chi connectivity index (χ0) is 10.5. The summed E-state index contributed by atoms with van der Waals surface area (Å²) in [6, 6.07) is 0. The first-order chi connectivity index (χ1) is 5.81. The normalized spacial score (nSPS) is 11.0. The van der Waals surface area contributed by atoms with E-state index in [1.165, 1.54) is 0 Å². The number of hydrogen-bond acceptors (Lipinski definition) is 3. The molecule has 0 aromatic rings. The SMILES string of the molecule is CC(C)(C)NC(=O)CCCC(=O)[O-]. The van der Waals surface area contributed by atoms with Crippen LogP contribution < -0.4 is 10.4 Å². The minimum atomic E-state index is -1.11. The van der Waals surface area contributed by atoms with Crippen molar-refractivity contribution in [3.05, 3.63) is 0 Å². The van der Waals surface area contributed by atoms with Crippen molar-refractivity contribution in [1.82, 2.24) is 5.32 Å². The van der Waals surface area contributed by atoms with Crippen LogP contribution in [0.25, 0.3) is 0 Å². The Morgan fingerprint density at radius 2 is 1.77 bits per heavy atom. The quantitative estimate of drug-likeness (QED) is 0.662. The molecule has 1 N–H and O–H groups in total. The number of hydrogen-bond donors (Lipinski definition) is 1. The number of carbonyl (C=O) groups is 2. The van der Waals surface area contributed by atoms with E-state index < -0.39 is 5.97 Å². The van der Waals surface area contributed by atoms with Crippen LogP contribution >= 0.6 is 0 Å². The number of carboxylic acids is 1. The van der Waals surface area contributed by atoms with Crippen molar-refractivity contribution in [3.8, 4) is 0 Å². The summed E-state index contributed by atoms with van der Waals surface area (Å²) < 4.78 is 0. The van der Waals surface area contributed by atoms with Gasteiger partial charge < -0.3 is 15.2 Å². The molecule has 0 spiro atoms. The molecule has 0 unspecified atom stereocenters. The number of carboxylic acid groups (broad SMARTS) is 1. The summed E-state index contributed by atoms with van der Waals surface area (Å²) in [5.74, 6) is -1.22. The van der Waals surface area contributed by atoms with E-state index in [4.69, 9.17) is 0 Å². The first-order valence-electron chi connectivity index (χ1n) is 4.32. The lowest BCUT2D eigenvalue weighted by Gasteiger charge is -2.20. The smallest absolute Gasteiger partial charge is 0.220 e. The highest BCUT2D eigenvalue weighted by atomic mass is 16.4. The number of rotatable bonds is 4. The van der Waals surface area contributed by atoms with Gasteiger partial charge >= 0.3 is 0 Å². The Labute approximate surface area is 78.3 Å². The third kappa shape index (κ3) is 8.85. The molecule has 0 bridgehead atoms. The van der Waals surface area contributed by atoms with E-state index >= 15 is 0 Å². The minimum absolute atomic E-state index is 0.0580. The molecule has 4 heteroatoms. The fraction of sp³-hybridized carbons (Fsp3) is 0.778. The first kappa shape index (κ1) is 11.9. The van der Waals surface area contributed by atoms with Crippen LogP contribution in [0.5, 0.6) is 0 Å². The summed E-state index contributed by atoms with van der Waals surface area (Å²) in [4.78, 5) is 21.1. The Kier molecular flexibility index (Phi) is 4.45. The molecule has 13 heavy (non-hydrogen) atoms. The van der Waals surface area contributed by atoms with Crippen molar-refractivity contribution in [2.24, 2.45) is 0 Å². The maximum absolute atomic E-state index is 11.1. The average Bonchev–Trinajstić information content (AvgIpc) is 1.81. The summed E-state index contributed by atoms with van der Waals surface area (Å²) in [7, 11) is 0. The molecule has 0 saturated heterocycles. The molecule has 0 radical (unpaired) electrons. The third-order valence-electron chi connectivity index (χ3n) is 1.30. The van der Waals surface area contributed by atoms with Crippen molar-refractivity contribution in [1.29, 1.82) is 0 Å². The van der Waals surface area contributed by atoms with Crippen molar-refractivity contribution in [2.75, 3.05) is 0 Å². The first-order valence-corrected chi connectivity index (χ1v) is 4.32. The number of amides is 1. The van der Waals surface area contributed by atoms with E-state index in [0.717, 1.165) is 0 Å². The molecule has 0 aromatic heterocycles. The van der Waals surface area contributed by atoms with E-state index in [1.807, 2.05) is 20.8 Å². The van der Waals surface area contributed by atoms with E-state index in [0.29, 0.717) is 6.42 Å². The van der Waals surface area contributed by atoms with Gasteiger partial charge in [-0.15, -0.1) is 0 Å². The molecule has 0 saturated carbocycles. The molecule has 0 aliphatic carbocycles. The van der Waals surface area contributed by atoms with Crippen LogP contribution in [0, 0.1) is 0 Å². The average molecular weight is 186 g/mol. The van der Waals surface area contributed by atoms with Gasteiger partial charge in [-0.2, -0.15) is 0 Å². The molecule has 76 valence electrons. The second kappa shape index (κ2) is 4.84. The summed E-state index contributed by atoms with van der Waals surface area (Å²) in [5.41, 5.74) is -0.251. The van der Waals surface area contributed by atoms with Crippen LogP contribution in [0.1, 0.15) is 40.0 Å². The van der Waals surface area contributed by atoms with Crippen molar-refractivity contribution in [2.45, 2.75) is 45.6 Å². The molecule has 0 fully saturated rings. The summed E-state index contributed by atoms with van der Waals surface area (Å²) in [5, 5.41) is 12.8. The predicted octanol–water partition coefficient (Wildman–Crippen LogP) is -0.179.